The van der Waals surface area contributed by atoms with E-state index in [4.69, 9.17) is 4.42 Å². The largest absolute Gasteiger partial charge is 0.468 e. The molecule has 0 saturated heterocycles. The monoisotopic (exact) mass is 352 g/mol. The summed E-state index contributed by atoms with van der Waals surface area (Å²) in [5.74, 6) is 0.974. The van der Waals surface area contributed by atoms with E-state index in [1.54, 1.807) is 24.3 Å². The highest BCUT2D eigenvalue weighted by atomic mass is 32.2. The number of anilines is 1. The summed E-state index contributed by atoms with van der Waals surface area (Å²) in [5, 5.41) is 2.78. The first-order chi connectivity index (χ1) is 11.0. The molecule has 8 heteroatoms. The van der Waals surface area contributed by atoms with Crippen LogP contribution in [0.4, 0.5) is 5.69 Å². The molecule has 0 spiro atoms. The number of hydrogen-bond acceptors (Lipinski definition) is 5. The Balaban J connectivity index is 1.83. The maximum atomic E-state index is 12.4. The lowest BCUT2D eigenvalue weighted by molar-refractivity contribution is -0.118. The third kappa shape index (κ3) is 3.60. The molecule has 1 aliphatic heterocycles. The molecule has 122 valence electrons. The number of amides is 1. The molecule has 1 aliphatic rings. The lowest BCUT2D eigenvalue weighted by Crippen LogP contribution is -2.23. The van der Waals surface area contributed by atoms with Crippen molar-refractivity contribution in [3.63, 3.8) is 0 Å². The zero-order valence-electron chi connectivity index (χ0n) is 12.4. The molecule has 0 aliphatic carbocycles. The summed E-state index contributed by atoms with van der Waals surface area (Å²) in [5.41, 5.74) is 0.533. The standard InChI is InChI=1S/C15H16N2O4S2/c1-10-9-22-14-5-4-12(7-13(14)17-15(10)18)23(19,20)16-8-11-3-2-6-21-11/h2-7,10,16H,8-9H2,1H3,(H,17,18)/t10-/m1/s1. The number of sulfonamides is 1. The van der Waals surface area contributed by atoms with Gasteiger partial charge in [-0.1, -0.05) is 6.92 Å². The predicted molar refractivity (Wildman–Crippen MR) is 87.7 cm³/mol. The van der Waals surface area contributed by atoms with Crippen molar-refractivity contribution in [2.45, 2.75) is 23.3 Å². The van der Waals surface area contributed by atoms with Crippen LogP contribution in [0.3, 0.4) is 0 Å². The summed E-state index contributed by atoms with van der Waals surface area (Å²) in [6.07, 6.45) is 1.49. The minimum atomic E-state index is -3.68. The highest BCUT2D eigenvalue weighted by molar-refractivity contribution is 7.99. The highest BCUT2D eigenvalue weighted by Crippen LogP contribution is 2.34. The summed E-state index contributed by atoms with van der Waals surface area (Å²) in [6.45, 7) is 1.92. The van der Waals surface area contributed by atoms with E-state index in [0.29, 0.717) is 17.2 Å². The number of nitrogens with one attached hydrogen (secondary N) is 2. The van der Waals surface area contributed by atoms with Crippen LogP contribution in [0.25, 0.3) is 0 Å². The molecule has 1 aromatic heterocycles. The van der Waals surface area contributed by atoms with Crippen molar-refractivity contribution in [3.05, 3.63) is 42.4 Å². The summed E-state index contributed by atoms with van der Waals surface area (Å²) in [4.78, 5) is 12.9. The van der Waals surface area contributed by atoms with Crippen LogP contribution in [-0.4, -0.2) is 20.1 Å². The highest BCUT2D eigenvalue weighted by Gasteiger charge is 2.22. The van der Waals surface area contributed by atoms with Crippen molar-refractivity contribution in [2.75, 3.05) is 11.1 Å². The Morgan fingerprint density at radius 3 is 2.96 bits per heavy atom. The van der Waals surface area contributed by atoms with Crippen molar-refractivity contribution in [1.82, 2.24) is 4.72 Å². The molecule has 1 aromatic carbocycles. The number of rotatable bonds is 4. The summed E-state index contributed by atoms with van der Waals surface area (Å²) in [7, 11) is -3.68. The molecule has 1 amide bonds. The smallest absolute Gasteiger partial charge is 0.241 e. The van der Waals surface area contributed by atoms with E-state index in [0.717, 1.165) is 4.90 Å². The van der Waals surface area contributed by atoms with E-state index in [1.807, 2.05) is 6.92 Å². The molecule has 6 nitrogen and oxygen atoms in total. The van der Waals surface area contributed by atoms with E-state index >= 15 is 0 Å². The van der Waals surface area contributed by atoms with Crippen LogP contribution in [-0.2, 0) is 21.4 Å². The zero-order valence-corrected chi connectivity index (χ0v) is 14.0. The average Bonchev–Trinajstić information content (AvgIpc) is 3.00. The molecule has 0 unspecified atom stereocenters. The van der Waals surface area contributed by atoms with Crippen molar-refractivity contribution < 1.29 is 17.6 Å². The Labute approximate surface area is 138 Å². The Morgan fingerprint density at radius 2 is 2.22 bits per heavy atom. The van der Waals surface area contributed by atoms with Crippen LogP contribution < -0.4 is 10.0 Å². The van der Waals surface area contributed by atoms with Gasteiger partial charge in [-0.15, -0.1) is 11.8 Å². The van der Waals surface area contributed by atoms with E-state index in [-0.39, 0.29) is 23.3 Å². The van der Waals surface area contributed by atoms with E-state index in [1.165, 1.54) is 24.1 Å². The van der Waals surface area contributed by atoms with Crippen molar-refractivity contribution in [1.29, 1.82) is 0 Å². The van der Waals surface area contributed by atoms with Gasteiger partial charge in [-0.2, -0.15) is 0 Å². The van der Waals surface area contributed by atoms with Crippen molar-refractivity contribution in [2.24, 2.45) is 5.92 Å². The number of fused-ring (bicyclic) bond motifs is 1. The molecular formula is C15H16N2O4S2. The topological polar surface area (TPSA) is 88.4 Å². The number of carbonyl (C=O) groups excluding carboxylic acids is 1. The lowest BCUT2D eigenvalue weighted by atomic mass is 10.2. The zero-order chi connectivity index (χ0) is 16.4. The van der Waals surface area contributed by atoms with Gasteiger partial charge in [0, 0.05) is 16.6 Å². The second-order valence-corrected chi connectivity index (χ2v) is 8.09. The quantitative estimate of drug-likeness (QED) is 0.882. The van der Waals surface area contributed by atoms with E-state index in [9.17, 15) is 13.2 Å². The van der Waals surface area contributed by atoms with Crippen LogP contribution >= 0.6 is 11.8 Å². The summed E-state index contributed by atoms with van der Waals surface area (Å²) >= 11 is 1.54. The first-order valence-corrected chi connectivity index (χ1v) is 9.52. The molecule has 2 aromatic rings. The van der Waals surface area contributed by atoms with Gasteiger partial charge in [0.2, 0.25) is 15.9 Å². The molecule has 0 saturated carbocycles. The van der Waals surface area contributed by atoms with Gasteiger partial charge in [-0.3, -0.25) is 4.79 Å². The molecule has 0 radical (unpaired) electrons. The minimum Gasteiger partial charge on any atom is -0.468 e. The maximum Gasteiger partial charge on any atom is 0.241 e. The van der Waals surface area contributed by atoms with Gasteiger partial charge in [0.25, 0.3) is 0 Å². The Bertz CT molecular complexity index is 816. The summed E-state index contributed by atoms with van der Waals surface area (Å²) < 4.78 is 32.3. The normalized spacial score (nSPS) is 18.1. The maximum absolute atomic E-state index is 12.4. The molecule has 0 fully saturated rings. The minimum absolute atomic E-state index is 0.0740. The molecule has 2 N–H and O–H groups in total. The van der Waals surface area contributed by atoms with Gasteiger partial charge < -0.3 is 9.73 Å². The van der Waals surface area contributed by atoms with E-state index in [2.05, 4.69) is 10.0 Å². The number of thioether (sulfide) groups is 1. The first kappa shape index (κ1) is 16.1. The van der Waals surface area contributed by atoms with Gasteiger partial charge >= 0.3 is 0 Å². The van der Waals surface area contributed by atoms with Gasteiger partial charge in [-0.05, 0) is 30.3 Å². The third-order valence-electron chi connectivity index (χ3n) is 3.47. The van der Waals surface area contributed by atoms with E-state index < -0.39 is 10.0 Å². The van der Waals surface area contributed by atoms with Crippen LogP contribution in [0.1, 0.15) is 12.7 Å². The second kappa shape index (κ2) is 6.38. The Hall–Kier alpha value is -1.77. The first-order valence-electron chi connectivity index (χ1n) is 7.05. The van der Waals surface area contributed by atoms with Crippen LogP contribution in [0.2, 0.25) is 0 Å². The molecule has 0 bridgehead atoms. The SMILES string of the molecule is C[C@@H]1CSc2ccc(S(=O)(=O)NCc3ccco3)cc2NC1=O. The molecule has 2 heterocycles. The van der Waals surface area contributed by atoms with Gasteiger partial charge in [-0.25, -0.2) is 13.1 Å². The number of benzene rings is 1. The lowest BCUT2D eigenvalue weighted by Gasteiger charge is -2.10. The number of hydrogen-bond donors (Lipinski definition) is 2. The average molecular weight is 352 g/mol. The van der Waals surface area contributed by atoms with Gasteiger partial charge in [0.15, 0.2) is 0 Å². The number of furan rings is 1. The fourth-order valence-corrected chi connectivity index (χ4v) is 4.14. The van der Waals surface area contributed by atoms with Gasteiger partial charge in [0.1, 0.15) is 5.76 Å². The van der Waals surface area contributed by atoms with Crippen LogP contribution in [0, 0.1) is 5.92 Å². The Kier molecular flexibility index (Phi) is 4.47. The molecule has 3 rings (SSSR count). The van der Waals surface area contributed by atoms with Gasteiger partial charge in [0.05, 0.1) is 23.4 Å². The van der Waals surface area contributed by atoms with Crippen molar-refractivity contribution in [3.8, 4) is 0 Å². The molecular weight excluding hydrogens is 336 g/mol. The Morgan fingerprint density at radius 1 is 1.39 bits per heavy atom. The number of carbonyl (C=O) groups is 1. The van der Waals surface area contributed by atoms with Crippen LogP contribution in [0.15, 0.2) is 50.8 Å². The fraction of sp³-hybridized carbons (Fsp3) is 0.267. The van der Waals surface area contributed by atoms with Crippen molar-refractivity contribution >= 4 is 33.4 Å². The fourth-order valence-electron chi connectivity index (χ4n) is 2.11. The predicted octanol–water partition coefficient (Wildman–Crippen LogP) is 2.44. The molecule has 23 heavy (non-hydrogen) atoms. The second-order valence-electron chi connectivity index (χ2n) is 5.26. The van der Waals surface area contributed by atoms with Crippen LogP contribution in [0.5, 0.6) is 0 Å². The summed E-state index contributed by atoms with van der Waals surface area (Å²) in [6, 6.07) is 8.14. The molecule has 1 atom stereocenters. The third-order valence-corrected chi connectivity index (χ3v) is 6.20.